The second-order valence-electron chi connectivity index (χ2n) is 7.46. The fourth-order valence-electron chi connectivity index (χ4n) is 3.79. The summed E-state index contributed by atoms with van der Waals surface area (Å²) in [6.45, 7) is 9.06. The van der Waals surface area contributed by atoms with Gasteiger partial charge in [0, 0.05) is 39.8 Å². The van der Waals surface area contributed by atoms with Crippen LogP contribution in [0.2, 0.25) is 0 Å². The number of carbonyl (C=O) groups is 1. The Morgan fingerprint density at radius 2 is 1.83 bits per heavy atom. The molecule has 0 radical (unpaired) electrons. The second kappa shape index (κ2) is 11.6. The smallest absolute Gasteiger partial charge is 0.251 e. The van der Waals surface area contributed by atoms with Crippen LogP contribution >= 0.6 is 24.0 Å². The number of hydrogen-bond donors (Lipinski definition) is 1. The first-order valence-electron chi connectivity index (χ1n) is 10.1. The molecule has 0 saturated carbocycles. The van der Waals surface area contributed by atoms with Crippen LogP contribution in [0.4, 0.5) is 0 Å². The molecule has 2 heterocycles. The van der Waals surface area contributed by atoms with E-state index in [0.717, 1.165) is 37.6 Å². The highest BCUT2D eigenvalue weighted by molar-refractivity contribution is 14.0. The molecule has 2 aliphatic heterocycles. The Bertz CT molecular complexity index is 679. The summed E-state index contributed by atoms with van der Waals surface area (Å²) in [6, 6.07) is 6.23. The van der Waals surface area contributed by atoms with Crippen LogP contribution in [0, 0.1) is 13.8 Å². The third kappa shape index (κ3) is 6.74. The zero-order chi connectivity index (χ0) is 19.9. The fourth-order valence-corrected chi connectivity index (χ4v) is 3.79. The van der Waals surface area contributed by atoms with E-state index in [-0.39, 0.29) is 36.0 Å². The van der Waals surface area contributed by atoms with E-state index in [2.05, 4.69) is 35.1 Å². The summed E-state index contributed by atoms with van der Waals surface area (Å²) in [6.07, 6.45) is 1.60. The molecule has 2 fully saturated rings. The van der Waals surface area contributed by atoms with Gasteiger partial charge in [0.15, 0.2) is 5.96 Å². The summed E-state index contributed by atoms with van der Waals surface area (Å²) in [5, 5.41) is 3.36. The van der Waals surface area contributed by atoms with Gasteiger partial charge in [-0.1, -0.05) is 6.07 Å². The molecule has 0 bridgehead atoms. The van der Waals surface area contributed by atoms with E-state index in [0.29, 0.717) is 32.8 Å². The van der Waals surface area contributed by atoms with Crippen LogP contribution < -0.4 is 10.1 Å². The lowest BCUT2D eigenvalue weighted by molar-refractivity contribution is -0.142. The maximum Gasteiger partial charge on any atom is 0.251 e. The molecular weight excluding hydrogens is 483 g/mol. The lowest BCUT2D eigenvalue weighted by Gasteiger charge is -2.37. The molecule has 1 amide bonds. The predicted molar refractivity (Wildman–Crippen MR) is 125 cm³/mol. The summed E-state index contributed by atoms with van der Waals surface area (Å²) >= 11 is 0. The Labute approximate surface area is 190 Å². The highest BCUT2D eigenvalue weighted by atomic mass is 127. The van der Waals surface area contributed by atoms with Crippen molar-refractivity contribution in [1.29, 1.82) is 0 Å². The van der Waals surface area contributed by atoms with Gasteiger partial charge in [0.25, 0.3) is 5.91 Å². The van der Waals surface area contributed by atoms with Crippen molar-refractivity contribution >= 4 is 35.8 Å². The van der Waals surface area contributed by atoms with Gasteiger partial charge >= 0.3 is 0 Å². The Kier molecular flexibility index (Phi) is 9.48. The van der Waals surface area contributed by atoms with Crippen LogP contribution in [0.15, 0.2) is 23.2 Å². The average molecular weight is 516 g/mol. The van der Waals surface area contributed by atoms with Crippen molar-refractivity contribution in [3.8, 4) is 5.75 Å². The third-order valence-corrected chi connectivity index (χ3v) is 5.16. The molecule has 0 aromatic heterocycles. The van der Waals surface area contributed by atoms with Crippen LogP contribution in [0.3, 0.4) is 0 Å². The molecule has 0 aliphatic carbocycles. The highest BCUT2D eigenvalue weighted by Crippen LogP contribution is 2.17. The zero-order valence-electron chi connectivity index (χ0n) is 17.6. The fraction of sp³-hybridized carbons (Fsp3) is 0.619. The quantitative estimate of drug-likeness (QED) is 0.282. The first-order chi connectivity index (χ1) is 13.6. The van der Waals surface area contributed by atoms with E-state index >= 15 is 0 Å². The molecule has 1 aromatic rings. The maximum absolute atomic E-state index is 12.5. The van der Waals surface area contributed by atoms with E-state index in [1.807, 2.05) is 17.0 Å². The zero-order valence-corrected chi connectivity index (χ0v) is 20.0. The number of nitrogens with one attached hydrogen (secondary N) is 1. The van der Waals surface area contributed by atoms with E-state index in [4.69, 9.17) is 9.47 Å². The number of aliphatic imine (C=N–C) groups is 1. The number of amides is 1. The Morgan fingerprint density at radius 3 is 2.41 bits per heavy atom. The second-order valence-corrected chi connectivity index (χ2v) is 7.46. The molecule has 29 heavy (non-hydrogen) atoms. The van der Waals surface area contributed by atoms with Gasteiger partial charge in [0.1, 0.15) is 18.5 Å². The number of rotatable bonds is 5. The molecule has 1 atom stereocenters. The predicted octanol–water partition coefficient (Wildman–Crippen LogP) is 2.20. The van der Waals surface area contributed by atoms with Crippen molar-refractivity contribution in [2.45, 2.75) is 32.8 Å². The number of hydrogen-bond acceptors (Lipinski definition) is 4. The van der Waals surface area contributed by atoms with Crippen molar-refractivity contribution < 1.29 is 14.3 Å². The number of aryl methyl sites for hydroxylation is 2. The van der Waals surface area contributed by atoms with E-state index < -0.39 is 0 Å². The highest BCUT2D eigenvalue weighted by Gasteiger charge is 2.30. The largest absolute Gasteiger partial charge is 0.492 e. The van der Waals surface area contributed by atoms with Crippen LogP contribution in [0.1, 0.15) is 24.0 Å². The standard InChI is InChI=1S/C21H32N4O3.HI/c1-16-13-17(2)15-18(14-16)27-12-6-23-21(22-3)25-9-7-24(8-10-25)20(26)19-5-4-11-28-19;/h13-15,19H,4-12H2,1-3H3,(H,22,23);1H. The van der Waals surface area contributed by atoms with E-state index in [1.54, 1.807) is 7.05 Å². The number of piperazine rings is 1. The molecule has 7 nitrogen and oxygen atoms in total. The summed E-state index contributed by atoms with van der Waals surface area (Å²) in [7, 11) is 1.79. The number of guanidine groups is 1. The van der Waals surface area contributed by atoms with Gasteiger partial charge in [-0.2, -0.15) is 0 Å². The molecule has 1 N–H and O–H groups in total. The summed E-state index contributed by atoms with van der Waals surface area (Å²) < 4.78 is 11.4. The van der Waals surface area contributed by atoms with Crippen LogP contribution in [0.25, 0.3) is 0 Å². The van der Waals surface area contributed by atoms with Gasteiger partial charge in [-0.25, -0.2) is 0 Å². The number of benzene rings is 1. The average Bonchev–Trinajstić information content (AvgIpc) is 3.22. The summed E-state index contributed by atoms with van der Waals surface area (Å²) in [5.74, 6) is 1.89. The van der Waals surface area contributed by atoms with Gasteiger partial charge in [-0.15, -0.1) is 24.0 Å². The van der Waals surface area contributed by atoms with Crippen molar-refractivity contribution in [2.75, 3.05) is 53.0 Å². The SMILES string of the molecule is CN=C(NCCOc1cc(C)cc(C)c1)N1CCN(C(=O)C2CCCO2)CC1.I. The minimum atomic E-state index is -0.230. The molecule has 2 saturated heterocycles. The van der Waals surface area contributed by atoms with Crippen molar-refractivity contribution in [3.63, 3.8) is 0 Å². The van der Waals surface area contributed by atoms with Crippen molar-refractivity contribution in [1.82, 2.24) is 15.1 Å². The van der Waals surface area contributed by atoms with Gasteiger partial charge < -0.3 is 24.6 Å². The molecule has 1 aromatic carbocycles. The lowest BCUT2D eigenvalue weighted by Crippen LogP contribution is -2.55. The Balaban J connectivity index is 0.00000300. The van der Waals surface area contributed by atoms with Crippen LogP contribution in [-0.4, -0.2) is 80.8 Å². The van der Waals surface area contributed by atoms with Crippen molar-refractivity contribution in [3.05, 3.63) is 29.3 Å². The van der Waals surface area contributed by atoms with Crippen LogP contribution in [0.5, 0.6) is 5.75 Å². The molecule has 8 heteroatoms. The molecule has 1 unspecified atom stereocenters. The number of nitrogens with zero attached hydrogens (tertiary/aromatic N) is 3. The van der Waals surface area contributed by atoms with E-state index in [9.17, 15) is 4.79 Å². The number of carbonyl (C=O) groups excluding carboxylic acids is 1. The van der Waals surface area contributed by atoms with Crippen LogP contribution in [-0.2, 0) is 9.53 Å². The number of halogens is 1. The molecule has 2 aliphatic rings. The lowest BCUT2D eigenvalue weighted by atomic mass is 10.1. The van der Waals surface area contributed by atoms with Gasteiger partial charge in [-0.05, 0) is 49.9 Å². The normalized spacial score (nSPS) is 19.7. The first kappa shape index (κ1) is 23.7. The Hall–Kier alpha value is -1.55. The van der Waals surface area contributed by atoms with Gasteiger partial charge in [-0.3, -0.25) is 9.79 Å². The summed E-state index contributed by atoms with van der Waals surface area (Å²) in [4.78, 5) is 20.9. The number of ether oxygens (including phenoxy) is 2. The third-order valence-electron chi connectivity index (χ3n) is 5.16. The van der Waals surface area contributed by atoms with E-state index in [1.165, 1.54) is 11.1 Å². The molecular formula is C21H33IN4O3. The molecule has 162 valence electrons. The minimum absolute atomic E-state index is 0. The first-order valence-corrected chi connectivity index (χ1v) is 10.1. The monoisotopic (exact) mass is 516 g/mol. The maximum atomic E-state index is 12.5. The van der Waals surface area contributed by atoms with Crippen molar-refractivity contribution in [2.24, 2.45) is 4.99 Å². The molecule has 0 spiro atoms. The topological polar surface area (TPSA) is 66.4 Å². The minimum Gasteiger partial charge on any atom is -0.492 e. The summed E-state index contributed by atoms with van der Waals surface area (Å²) in [5.41, 5.74) is 2.41. The molecule has 3 rings (SSSR count). The van der Waals surface area contributed by atoms with Gasteiger partial charge in [0.2, 0.25) is 0 Å². The Morgan fingerprint density at radius 1 is 1.17 bits per heavy atom. The van der Waals surface area contributed by atoms with Gasteiger partial charge in [0.05, 0.1) is 6.54 Å².